The Labute approximate surface area is 115 Å². The second-order valence-corrected chi connectivity index (χ2v) is 5.67. The third-order valence-corrected chi connectivity index (χ3v) is 4.43. The number of rotatable bonds is 5. The molecule has 0 spiro atoms. The molecule has 2 fully saturated rings. The van der Waals surface area contributed by atoms with Crippen LogP contribution < -0.4 is 10.6 Å². The third-order valence-electron chi connectivity index (χ3n) is 4.43. The monoisotopic (exact) mass is 269 g/mol. The van der Waals surface area contributed by atoms with E-state index < -0.39 is 0 Å². The molecule has 110 valence electrons. The minimum atomic E-state index is -0.0945. The standard InChI is InChI=1S/C14H27N3O2/c1-2-11(10-18)16-14(19)13-4-3-9-17(13)12-5-7-15-8-6-12/h11-13,15,18H,2-10H2,1H3,(H,16,19)/t11-,13?/m0/s1. The minimum absolute atomic E-state index is 0.0173. The molecule has 1 unspecified atom stereocenters. The van der Waals surface area contributed by atoms with E-state index in [-0.39, 0.29) is 24.6 Å². The Balaban J connectivity index is 1.91. The molecule has 0 radical (unpaired) electrons. The van der Waals surface area contributed by atoms with E-state index in [2.05, 4.69) is 15.5 Å². The molecule has 2 saturated heterocycles. The number of carbonyl (C=O) groups is 1. The van der Waals surface area contributed by atoms with Gasteiger partial charge in [-0.1, -0.05) is 6.92 Å². The van der Waals surface area contributed by atoms with Gasteiger partial charge in [0.15, 0.2) is 0 Å². The zero-order valence-electron chi connectivity index (χ0n) is 11.9. The van der Waals surface area contributed by atoms with E-state index in [9.17, 15) is 9.90 Å². The normalized spacial score (nSPS) is 27.4. The number of nitrogens with one attached hydrogen (secondary N) is 2. The van der Waals surface area contributed by atoms with Crippen LogP contribution in [-0.4, -0.2) is 60.3 Å². The number of likely N-dealkylation sites (tertiary alicyclic amines) is 1. The number of aliphatic hydroxyl groups is 1. The van der Waals surface area contributed by atoms with Gasteiger partial charge in [-0.25, -0.2) is 0 Å². The van der Waals surface area contributed by atoms with Crippen molar-refractivity contribution in [2.24, 2.45) is 0 Å². The molecule has 0 aliphatic carbocycles. The zero-order chi connectivity index (χ0) is 13.7. The van der Waals surface area contributed by atoms with Crippen molar-refractivity contribution < 1.29 is 9.90 Å². The lowest BCUT2D eigenvalue weighted by Crippen LogP contribution is -2.52. The quantitative estimate of drug-likeness (QED) is 0.662. The summed E-state index contributed by atoms with van der Waals surface area (Å²) in [6.45, 7) is 5.18. The summed E-state index contributed by atoms with van der Waals surface area (Å²) >= 11 is 0. The molecule has 0 saturated carbocycles. The van der Waals surface area contributed by atoms with Gasteiger partial charge in [-0.05, 0) is 51.7 Å². The summed E-state index contributed by atoms with van der Waals surface area (Å²) in [6, 6.07) is 0.473. The van der Waals surface area contributed by atoms with Gasteiger partial charge < -0.3 is 15.7 Å². The van der Waals surface area contributed by atoms with E-state index in [1.54, 1.807) is 0 Å². The Morgan fingerprint density at radius 2 is 2.16 bits per heavy atom. The van der Waals surface area contributed by atoms with E-state index >= 15 is 0 Å². The van der Waals surface area contributed by atoms with Crippen molar-refractivity contribution >= 4 is 5.91 Å². The highest BCUT2D eigenvalue weighted by molar-refractivity contribution is 5.82. The summed E-state index contributed by atoms with van der Waals surface area (Å²) < 4.78 is 0. The fourth-order valence-corrected chi connectivity index (χ4v) is 3.22. The topological polar surface area (TPSA) is 64.6 Å². The molecule has 2 aliphatic heterocycles. The highest BCUT2D eigenvalue weighted by Crippen LogP contribution is 2.24. The lowest BCUT2D eigenvalue weighted by atomic mass is 10.0. The minimum Gasteiger partial charge on any atom is -0.394 e. The Hall–Kier alpha value is -0.650. The van der Waals surface area contributed by atoms with Gasteiger partial charge in [-0.2, -0.15) is 0 Å². The molecule has 0 aromatic rings. The van der Waals surface area contributed by atoms with Crippen molar-refractivity contribution in [1.29, 1.82) is 0 Å². The van der Waals surface area contributed by atoms with Crippen molar-refractivity contribution in [3.8, 4) is 0 Å². The van der Waals surface area contributed by atoms with E-state index in [1.165, 1.54) is 0 Å². The van der Waals surface area contributed by atoms with E-state index in [1.807, 2.05) is 6.92 Å². The number of carbonyl (C=O) groups excluding carboxylic acids is 1. The molecular weight excluding hydrogens is 242 g/mol. The Bertz CT molecular complexity index is 288. The van der Waals surface area contributed by atoms with Crippen molar-refractivity contribution in [3.63, 3.8) is 0 Å². The smallest absolute Gasteiger partial charge is 0.237 e. The first-order chi connectivity index (χ1) is 9.26. The van der Waals surface area contributed by atoms with Crippen LogP contribution in [0.3, 0.4) is 0 Å². The van der Waals surface area contributed by atoms with Crippen molar-refractivity contribution in [2.45, 2.75) is 57.2 Å². The van der Waals surface area contributed by atoms with Crippen LogP contribution in [0.1, 0.15) is 39.0 Å². The molecule has 19 heavy (non-hydrogen) atoms. The lowest BCUT2D eigenvalue weighted by molar-refractivity contribution is -0.127. The molecule has 0 bridgehead atoms. The molecule has 2 atom stereocenters. The number of amides is 1. The van der Waals surface area contributed by atoms with Gasteiger partial charge >= 0.3 is 0 Å². The average molecular weight is 269 g/mol. The number of aliphatic hydroxyl groups excluding tert-OH is 1. The molecule has 0 aromatic carbocycles. The van der Waals surface area contributed by atoms with Crippen LogP contribution >= 0.6 is 0 Å². The fourth-order valence-electron chi connectivity index (χ4n) is 3.22. The third kappa shape index (κ3) is 3.68. The van der Waals surface area contributed by atoms with E-state index in [0.717, 1.165) is 51.7 Å². The van der Waals surface area contributed by atoms with Crippen LogP contribution in [-0.2, 0) is 4.79 Å². The summed E-state index contributed by atoms with van der Waals surface area (Å²) in [5.74, 6) is 0.108. The largest absolute Gasteiger partial charge is 0.394 e. The van der Waals surface area contributed by atoms with Crippen LogP contribution in [0.4, 0.5) is 0 Å². The van der Waals surface area contributed by atoms with Crippen LogP contribution in [0.5, 0.6) is 0 Å². The number of hydrogen-bond donors (Lipinski definition) is 3. The second-order valence-electron chi connectivity index (χ2n) is 5.67. The van der Waals surface area contributed by atoms with Gasteiger partial charge in [0.25, 0.3) is 0 Å². The number of piperidine rings is 1. The SMILES string of the molecule is CC[C@@H](CO)NC(=O)C1CCCN1C1CCNCC1. The number of nitrogens with zero attached hydrogens (tertiary/aromatic N) is 1. The van der Waals surface area contributed by atoms with Crippen LogP contribution in [0.2, 0.25) is 0 Å². The van der Waals surface area contributed by atoms with E-state index in [4.69, 9.17) is 0 Å². The van der Waals surface area contributed by atoms with Crippen LogP contribution in [0.15, 0.2) is 0 Å². The Morgan fingerprint density at radius 1 is 1.42 bits per heavy atom. The zero-order valence-corrected chi connectivity index (χ0v) is 11.9. The summed E-state index contributed by atoms with van der Waals surface area (Å²) in [5, 5.41) is 15.5. The maximum Gasteiger partial charge on any atom is 0.237 e. The molecule has 0 aromatic heterocycles. The van der Waals surface area contributed by atoms with Gasteiger partial charge in [0.05, 0.1) is 18.7 Å². The van der Waals surface area contributed by atoms with E-state index in [0.29, 0.717) is 6.04 Å². The van der Waals surface area contributed by atoms with Crippen LogP contribution in [0.25, 0.3) is 0 Å². The Kier molecular flexibility index (Phi) is 5.60. The Morgan fingerprint density at radius 3 is 2.79 bits per heavy atom. The summed E-state index contributed by atoms with van der Waals surface area (Å²) in [6.07, 6.45) is 5.12. The molecule has 2 rings (SSSR count). The average Bonchev–Trinajstić information content (AvgIpc) is 2.95. The second kappa shape index (κ2) is 7.22. The van der Waals surface area contributed by atoms with Crippen molar-refractivity contribution in [1.82, 2.24) is 15.5 Å². The molecule has 2 aliphatic rings. The molecule has 5 heteroatoms. The van der Waals surface area contributed by atoms with Gasteiger partial charge in [0.1, 0.15) is 0 Å². The highest BCUT2D eigenvalue weighted by Gasteiger charge is 2.36. The summed E-state index contributed by atoms with van der Waals surface area (Å²) in [7, 11) is 0. The number of hydrogen-bond acceptors (Lipinski definition) is 4. The molecule has 2 heterocycles. The maximum atomic E-state index is 12.3. The predicted octanol–water partition coefficient (Wildman–Crippen LogP) is 0.0899. The predicted molar refractivity (Wildman–Crippen MR) is 74.9 cm³/mol. The van der Waals surface area contributed by atoms with Gasteiger partial charge in [-0.3, -0.25) is 9.69 Å². The summed E-state index contributed by atoms with van der Waals surface area (Å²) in [5.41, 5.74) is 0. The fraction of sp³-hybridized carbons (Fsp3) is 0.929. The first kappa shape index (κ1) is 14.8. The summed E-state index contributed by atoms with van der Waals surface area (Å²) in [4.78, 5) is 14.7. The molecule has 5 nitrogen and oxygen atoms in total. The molecule has 1 amide bonds. The van der Waals surface area contributed by atoms with Crippen molar-refractivity contribution in [2.75, 3.05) is 26.2 Å². The highest BCUT2D eigenvalue weighted by atomic mass is 16.3. The van der Waals surface area contributed by atoms with Crippen molar-refractivity contribution in [3.05, 3.63) is 0 Å². The van der Waals surface area contributed by atoms with Gasteiger partial charge in [0, 0.05) is 6.04 Å². The molecular formula is C14H27N3O2. The first-order valence-corrected chi connectivity index (χ1v) is 7.64. The van der Waals surface area contributed by atoms with Gasteiger partial charge in [-0.15, -0.1) is 0 Å². The van der Waals surface area contributed by atoms with Crippen LogP contribution in [0, 0.1) is 0 Å². The lowest BCUT2D eigenvalue weighted by Gasteiger charge is -2.35. The maximum absolute atomic E-state index is 12.3. The van der Waals surface area contributed by atoms with Gasteiger partial charge in [0.2, 0.25) is 5.91 Å². The first-order valence-electron chi connectivity index (χ1n) is 7.64. The molecule has 3 N–H and O–H groups in total.